The second-order valence-corrected chi connectivity index (χ2v) is 7.59. The molecule has 1 saturated heterocycles. The Balaban J connectivity index is 1.73. The normalized spacial score (nSPS) is 24.9. The van der Waals surface area contributed by atoms with Crippen LogP contribution in [0.15, 0.2) is 60.7 Å². The van der Waals surface area contributed by atoms with E-state index in [1.54, 1.807) is 0 Å². The first kappa shape index (κ1) is 19.6. The van der Waals surface area contributed by atoms with Crippen LogP contribution < -0.4 is 0 Å². The fourth-order valence-corrected chi connectivity index (χ4v) is 4.39. The van der Waals surface area contributed by atoms with Crippen LogP contribution in [0, 0.1) is 11.8 Å². The predicted molar refractivity (Wildman–Crippen MR) is 107 cm³/mol. The van der Waals surface area contributed by atoms with Crippen LogP contribution in [0.2, 0.25) is 0 Å². The number of rotatable bonds is 7. The fraction of sp³-hybridized carbons (Fsp3) is 0.458. The summed E-state index contributed by atoms with van der Waals surface area (Å²) in [6.07, 6.45) is 2.22. The van der Waals surface area contributed by atoms with Gasteiger partial charge in [0.05, 0.1) is 12.0 Å². The summed E-state index contributed by atoms with van der Waals surface area (Å²) in [6, 6.07) is 20.3. The minimum atomic E-state index is -0.661. The Morgan fingerprint density at radius 2 is 1.63 bits per heavy atom. The van der Waals surface area contributed by atoms with Crippen molar-refractivity contribution < 1.29 is 14.6 Å². The highest BCUT2D eigenvalue weighted by Crippen LogP contribution is 2.38. The van der Waals surface area contributed by atoms with Gasteiger partial charge < -0.3 is 9.84 Å². The maximum atomic E-state index is 12.9. The second-order valence-electron chi connectivity index (χ2n) is 7.59. The van der Waals surface area contributed by atoms with Gasteiger partial charge in [-0.3, -0.25) is 4.79 Å². The van der Waals surface area contributed by atoms with Crippen molar-refractivity contribution in [2.75, 3.05) is 0 Å². The lowest BCUT2D eigenvalue weighted by Gasteiger charge is -2.39. The molecule has 5 unspecified atom stereocenters. The molecule has 2 aromatic rings. The molecular formula is C24H30O3. The number of hydrogen-bond acceptors (Lipinski definition) is 3. The van der Waals surface area contributed by atoms with E-state index >= 15 is 0 Å². The molecule has 0 aromatic heterocycles. The Morgan fingerprint density at radius 3 is 2.19 bits per heavy atom. The number of carbonyl (C=O) groups is 1. The molecule has 1 fully saturated rings. The summed E-state index contributed by atoms with van der Waals surface area (Å²) >= 11 is 0. The van der Waals surface area contributed by atoms with E-state index in [0.717, 1.165) is 24.8 Å². The first-order chi connectivity index (χ1) is 13.1. The maximum absolute atomic E-state index is 12.9. The van der Waals surface area contributed by atoms with Crippen molar-refractivity contribution in [1.29, 1.82) is 0 Å². The van der Waals surface area contributed by atoms with Gasteiger partial charge in [-0.1, -0.05) is 74.5 Å². The van der Waals surface area contributed by atoms with Gasteiger partial charge >= 0.3 is 5.97 Å². The molecule has 1 aliphatic rings. The van der Waals surface area contributed by atoms with Crippen LogP contribution in [0.5, 0.6) is 0 Å². The summed E-state index contributed by atoms with van der Waals surface area (Å²) in [6.45, 7) is 4.19. The highest BCUT2D eigenvalue weighted by Gasteiger charge is 2.43. The smallest absolute Gasteiger partial charge is 0.312 e. The van der Waals surface area contributed by atoms with Gasteiger partial charge in [0.2, 0.25) is 0 Å². The van der Waals surface area contributed by atoms with E-state index in [-0.39, 0.29) is 23.9 Å². The Kier molecular flexibility index (Phi) is 6.68. The van der Waals surface area contributed by atoms with E-state index in [0.29, 0.717) is 6.42 Å². The predicted octanol–water partition coefficient (Wildman–Crippen LogP) is 4.74. The van der Waals surface area contributed by atoms with Crippen molar-refractivity contribution in [3.63, 3.8) is 0 Å². The molecule has 1 aliphatic heterocycles. The summed E-state index contributed by atoms with van der Waals surface area (Å²) < 4.78 is 5.90. The van der Waals surface area contributed by atoms with Crippen molar-refractivity contribution >= 4 is 5.97 Å². The first-order valence-electron chi connectivity index (χ1n) is 10.1. The van der Waals surface area contributed by atoms with E-state index in [9.17, 15) is 9.90 Å². The molecule has 0 amide bonds. The lowest BCUT2D eigenvalue weighted by molar-refractivity contribution is -0.176. The van der Waals surface area contributed by atoms with E-state index < -0.39 is 12.0 Å². The molecular weight excluding hydrogens is 336 g/mol. The minimum Gasteiger partial charge on any atom is -0.462 e. The van der Waals surface area contributed by atoms with Crippen LogP contribution in [0.1, 0.15) is 50.2 Å². The number of aliphatic hydroxyl groups excluding tert-OH is 1. The summed E-state index contributed by atoms with van der Waals surface area (Å²) in [5.41, 5.74) is 2.34. The van der Waals surface area contributed by atoms with Crippen LogP contribution >= 0.6 is 0 Å². The monoisotopic (exact) mass is 366 g/mol. The summed E-state index contributed by atoms with van der Waals surface area (Å²) in [5, 5.41) is 10.9. The summed E-state index contributed by atoms with van der Waals surface area (Å²) in [5.74, 6) is -0.517. The van der Waals surface area contributed by atoms with Gasteiger partial charge in [-0.15, -0.1) is 0 Å². The third-order valence-corrected chi connectivity index (χ3v) is 5.92. The van der Waals surface area contributed by atoms with Crippen LogP contribution in [-0.2, 0) is 16.0 Å². The third-order valence-electron chi connectivity index (χ3n) is 5.92. The zero-order valence-corrected chi connectivity index (χ0v) is 16.3. The molecule has 0 aliphatic carbocycles. The van der Waals surface area contributed by atoms with Crippen LogP contribution in [0.4, 0.5) is 0 Å². The molecule has 0 bridgehead atoms. The van der Waals surface area contributed by atoms with Gasteiger partial charge in [0, 0.05) is 6.42 Å². The number of carbonyl (C=O) groups excluding carboxylic acids is 1. The molecule has 2 aromatic carbocycles. The van der Waals surface area contributed by atoms with Gasteiger partial charge in [-0.05, 0) is 42.2 Å². The number of benzene rings is 2. The van der Waals surface area contributed by atoms with Crippen LogP contribution in [0.25, 0.3) is 0 Å². The van der Waals surface area contributed by atoms with Gasteiger partial charge in [0.15, 0.2) is 0 Å². The number of esters is 1. The lowest BCUT2D eigenvalue weighted by atomic mass is 9.76. The Morgan fingerprint density at radius 1 is 1.00 bits per heavy atom. The van der Waals surface area contributed by atoms with E-state index in [4.69, 9.17) is 4.74 Å². The molecule has 3 rings (SSSR count). The molecule has 0 radical (unpaired) electrons. The Hall–Kier alpha value is -2.13. The molecule has 27 heavy (non-hydrogen) atoms. The van der Waals surface area contributed by atoms with Crippen molar-refractivity contribution in [3.05, 3.63) is 71.8 Å². The maximum Gasteiger partial charge on any atom is 0.312 e. The highest BCUT2D eigenvalue weighted by molar-refractivity contribution is 5.75. The zero-order chi connectivity index (χ0) is 19.2. The van der Waals surface area contributed by atoms with Crippen molar-refractivity contribution in [3.8, 4) is 0 Å². The SMILES string of the molecule is CCC(Cc1ccccc1)C1CC(O)C(C(CC)c2ccccc2)C(=O)O1. The Labute approximate surface area is 162 Å². The average molecular weight is 367 g/mol. The van der Waals surface area contributed by atoms with Crippen molar-refractivity contribution in [2.45, 2.75) is 57.7 Å². The van der Waals surface area contributed by atoms with Gasteiger partial charge in [0.25, 0.3) is 0 Å². The van der Waals surface area contributed by atoms with E-state index in [1.165, 1.54) is 5.56 Å². The van der Waals surface area contributed by atoms with Crippen LogP contribution in [-0.4, -0.2) is 23.3 Å². The Bertz CT molecular complexity index is 713. The molecule has 1 N–H and O–H groups in total. The molecule has 144 valence electrons. The molecule has 5 atom stereocenters. The van der Waals surface area contributed by atoms with Gasteiger partial charge in [-0.25, -0.2) is 0 Å². The minimum absolute atomic E-state index is 0.0103. The first-order valence-corrected chi connectivity index (χ1v) is 10.1. The summed E-state index contributed by atoms with van der Waals surface area (Å²) in [7, 11) is 0. The molecule has 3 nitrogen and oxygen atoms in total. The van der Waals surface area contributed by atoms with Gasteiger partial charge in [0.1, 0.15) is 6.10 Å². The number of ether oxygens (including phenoxy) is 1. The standard InChI is InChI=1S/C24H30O3/c1-3-18(15-17-11-7-5-8-12-17)22-16-21(25)23(24(26)27-22)20(4-2)19-13-9-6-10-14-19/h5-14,18,20-23,25H,3-4,15-16H2,1-2H3. The molecule has 0 saturated carbocycles. The van der Waals surface area contributed by atoms with Crippen LogP contribution in [0.3, 0.4) is 0 Å². The largest absolute Gasteiger partial charge is 0.462 e. The fourth-order valence-electron chi connectivity index (χ4n) is 4.39. The zero-order valence-electron chi connectivity index (χ0n) is 16.3. The third kappa shape index (κ3) is 4.59. The quantitative estimate of drug-likeness (QED) is 0.720. The lowest BCUT2D eigenvalue weighted by Crippen LogP contribution is -2.46. The van der Waals surface area contributed by atoms with Gasteiger partial charge in [-0.2, -0.15) is 0 Å². The number of cyclic esters (lactones) is 1. The average Bonchev–Trinajstić information content (AvgIpc) is 2.70. The second kappa shape index (κ2) is 9.18. The number of aliphatic hydroxyl groups is 1. The number of hydrogen-bond donors (Lipinski definition) is 1. The topological polar surface area (TPSA) is 46.5 Å². The van der Waals surface area contributed by atoms with E-state index in [2.05, 4.69) is 26.0 Å². The molecule has 3 heteroatoms. The summed E-state index contributed by atoms with van der Waals surface area (Å²) in [4.78, 5) is 12.9. The highest BCUT2D eigenvalue weighted by atomic mass is 16.5. The van der Waals surface area contributed by atoms with Crippen molar-refractivity contribution in [2.24, 2.45) is 11.8 Å². The molecule has 0 spiro atoms. The van der Waals surface area contributed by atoms with Crippen molar-refractivity contribution in [1.82, 2.24) is 0 Å². The molecule has 1 heterocycles. The van der Waals surface area contributed by atoms with E-state index in [1.807, 2.05) is 48.5 Å².